The van der Waals surface area contributed by atoms with Gasteiger partial charge < -0.3 is 19.9 Å². The zero-order chi connectivity index (χ0) is 16.8. The third kappa shape index (κ3) is 4.23. The third-order valence-corrected chi connectivity index (χ3v) is 3.07. The van der Waals surface area contributed by atoms with Crippen molar-refractivity contribution in [3.8, 4) is 11.5 Å². The first kappa shape index (κ1) is 16.4. The first-order valence-electron chi connectivity index (χ1n) is 6.91. The summed E-state index contributed by atoms with van der Waals surface area (Å²) >= 11 is 0. The summed E-state index contributed by atoms with van der Waals surface area (Å²) in [6, 6.07) is 11.7. The Bertz CT molecular complexity index is 727. The highest BCUT2D eigenvalue weighted by Gasteiger charge is 2.16. The summed E-state index contributed by atoms with van der Waals surface area (Å²) in [5, 5.41) is 12.5. The van der Waals surface area contributed by atoms with Crippen LogP contribution in [0, 0.1) is 6.92 Å². The molecule has 0 aliphatic rings. The molecular weight excluding hydrogens is 298 g/mol. The van der Waals surface area contributed by atoms with Gasteiger partial charge >= 0.3 is 5.97 Å². The molecule has 0 unspecified atom stereocenters. The largest absolute Gasteiger partial charge is 0.505 e. The Morgan fingerprint density at radius 2 is 1.91 bits per heavy atom. The van der Waals surface area contributed by atoms with E-state index in [0.717, 1.165) is 5.56 Å². The normalized spacial score (nSPS) is 10.0. The van der Waals surface area contributed by atoms with Crippen LogP contribution in [-0.4, -0.2) is 30.7 Å². The molecular formula is C17H17NO5. The molecule has 0 fully saturated rings. The summed E-state index contributed by atoms with van der Waals surface area (Å²) in [7, 11) is 1.21. The first-order valence-corrected chi connectivity index (χ1v) is 6.91. The van der Waals surface area contributed by atoms with Crippen molar-refractivity contribution in [2.24, 2.45) is 0 Å². The van der Waals surface area contributed by atoms with E-state index in [4.69, 9.17) is 4.74 Å². The highest BCUT2D eigenvalue weighted by molar-refractivity contribution is 5.98. The molecule has 120 valence electrons. The quantitative estimate of drug-likeness (QED) is 0.654. The fourth-order valence-electron chi connectivity index (χ4n) is 1.96. The number of hydrogen-bond acceptors (Lipinski definition) is 5. The van der Waals surface area contributed by atoms with E-state index in [9.17, 15) is 14.7 Å². The molecule has 0 spiro atoms. The Morgan fingerprint density at radius 3 is 2.61 bits per heavy atom. The van der Waals surface area contributed by atoms with Crippen LogP contribution in [0.1, 0.15) is 15.9 Å². The minimum absolute atomic E-state index is 0.0232. The lowest BCUT2D eigenvalue weighted by molar-refractivity contribution is -0.118. The van der Waals surface area contributed by atoms with Gasteiger partial charge in [-0.25, -0.2) is 4.79 Å². The second-order valence-corrected chi connectivity index (χ2v) is 4.85. The topological polar surface area (TPSA) is 84.9 Å². The van der Waals surface area contributed by atoms with E-state index in [-0.39, 0.29) is 23.6 Å². The van der Waals surface area contributed by atoms with Crippen molar-refractivity contribution in [3.63, 3.8) is 0 Å². The van der Waals surface area contributed by atoms with Crippen molar-refractivity contribution in [2.45, 2.75) is 6.92 Å². The Balaban J connectivity index is 2.02. The number of benzene rings is 2. The minimum atomic E-state index is -0.686. The first-order chi connectivity index (χ1) is 11.0. The predicted molar refractivity (Wildman–Crippen MR) is 84.8 cm³/mol. The molecule has 0 saturated heterocycles. The standard InChI is InChI=1S/C17H17NO5/c1-11-5-3-6-12(9-11)23-10-15(19)18-14-8-4-7-13(16(14)20)17(21)22-2/h3-9,20H,10H2,1-2H3,(H,18,19). The maximum absolute atomic E-state index is 11.9. The lowest BCUT2D eigenvalue weighted by Gasteiger charge is -2.11. The number of nitrogens with one attached hydrogen (secondary N) is 1. The average molecular weight is 315 g/mol. The van der Waals surface area contributed by atoms with E-state index in [1.807, 2.05) is 25.1 Å². The van der Waals surface area contributed by atoms with Crippen LogP contribution in [0.5, 0.6) is 11.5 Å². The van der Waals surface area contributed by atoms with Crippen molar-refractivity contribution in [1.29, 1.82) is 0 Å². The van der Waals surface area contributed by atoms with Gasteiger partial charge in [0.2, 0.25) is 0 Å². The van der Waals surface area contributed by atoms with Crippen LogP contribution >= 0.6 is 0 Å². The molecule has 0 saturated carbocycles. The number of carbonyl (C=O) groups excluding carboxylic acids is 2. The summed E-state index contributed by atoms with van der Waals surface area (Å²) in [5.41, 5.74) is 1.11. The van der Waals surface area contributed by atoms with Crippen LogP contribution in [-0.2, 0) is 9.53 Å². The van der Waals surface area contributed by atoms with Crippen LogP contribution in [0.2, 0.25) is 0 Å². The number of aromatic hydroxyl groups is 1. The van der Waals surface area contributed by atoms with Crippen molar-refractivity contribution in [1.82, 2.24) is 0 Å². The van der Waals surface area contributed by atoms with Crippen molar-refractivity contribution in [2.75, 3.05) is 19.0 Å². The molecule has 1 amide bonds. The van der Waals surface area contributed by atoms with Gasteiger partial charge in [0.15, 0.2) is 12.4 Å². The molecule has 2 N–H and O–H groups in total. The number of aryl methyl sites for hydroxylation is 1. The van der Waals surface area contributed by atoms with Crippen LogP contribution in [0.4, 0.5) is 5.69 Å². The van der Waals surface area contributed by atoms with Gasteiger partial charge in [-0.05, 0) is 36.8 Å². The summed E-state index contributed by atoms with van der Waals surface area (Å²) < 4.78 is 9.93. The van der Waals surface area contributed by atoms with Gasteiger partial charge in [0.05, 0.1) is 12.8 Å². The van der Waals surface area contributed by atoms with Crippen molar-refractivity contribution >= 4 is 17.6 Å². The van der Waals surface area contributed by atoms with Gasteiger partial charge in [-0.15, -0.1) is 0 Å². The molecule has 2 aromatic carbocycles. The van der Waals surface area contributed by atoms with Crippen LogP contribution in [0.3, 0.4) is 0 Å². The van der Waals surface area contributed by atoms with Gasteiger partial charge in [0, 0.05) is 0 Å². The Hall–Kier alpha value is -3.02. The average Bonchev–Trinajstić information content (AvgIpc) is 2.54. The van der Waals surface area contributed by atoms with Crippen LogP contribution in [0.25, 0.3) is 0 Å². The summed E-state index contributed by atoms with van der Waals surface area (Å²) in [5.74, 6) is -0.908. The molecule has 2 aromatic rings. The minimum Gasteiger partial charge on any atom is -0.505 e. The number of phenolic OH excluding ortho intramolecular Hbond substituents is 1. The molecule has 2 rings (SSSR count). The number of carbonyl (C=O) groups is 2. The van der Waals surface area contributed by atoms with Gasteiger partial charge in [-0.3, -0.25) is 4.79 Å². The van der Waals surface area contributed by atoms with Gasteiger partial charge in [0.1, 0.15) is 11.3 Å². The molecule has 0 aliphatic carbocycles. The van der Waals surface area contributed by atoms with Crippen molar-refractivity contribution < 1.29 is 24.2 Å². The molecule has 6 heteroatoms. The molecule has 0 aromatic heterocycles. The molecule has 23 heavy (non-hydrogen) atoms. The fourth-order valence-corrected chi connectivity index (χ4v) is 1.96. The van der Waals surface area contributed by atoms with Crippen LogP contribution < -0.4 is 10.1 Å². The fraction of sp³-hybridized carbons (Fsp3) is 0.176. The lowest BCUT2D eigenvalue weighted by atomic mass is 10.1. The highest BCUT2D eigenvalue weighted by Crippen LogP contribution is 2.27. The number of methoxy groups -OCH3 is 1. The summed E-state index contributed by atoms with van der Waals surface area (Å²) in [6.45, 7) is 1.70. The van der Waals surface area contributed by atoms with E-state index >= 15 is 0 Å². The number of ether oxygens (including phenoxy) is 2. The zero-order valence-corrected chi connectivity index (χ0v) is 12.8. The SMILES string of the molecule is COC(=O)c1cccc(NC(=O)COc2cccc(C)c2)c1O. The van der Waals surface area contributed by atoms with E-state index in [1.54, 1.807) is 6.07 Å². The Morgan fingerprint density at radius 1 is 1.17 bits per heavy atom. The second-order valence-electron chi connectivity index (χ2n) is 4.85. The third-order valence-electron chi connectivity index (χ3n) is 3.07. The van der Waals surface area contributed by atoms with E-state index < -0.39 is 11.9 Å². The van der Waals surface area contributed by atoms with Crippen LogP contribution in [0.15, 0.2) is 42.5 Å². The molecule has 0 radical (unpaired) electrons. The summed E-state index contributed by atoms with van der Waals surface area (Å²) in [4.78, 5) is 23.4. The molecule has 0 heterocycles. The molecule has 6 nitrogen and oxygen atoms in total. The lowest BCUT2D eigenvalue weighted by Crippen LogP contribution is -2.20. The molecule has 0 bridgehead atoms. The number of phenols is 1. The van der Waals surface area contributed by atoms with E-state index in [0.29, 0.717) is 5.75 Å². The smallest absolute Gasteiger partial charge is 0.341 e. The number of rotatable bonds is 5. The Labute approximate surface area is 133 Å². The van der Waals surface area contributed by atoms with Crippen molar-refractivity contribution in [3.05, 3.63) is 53.6 Å². The maximum atomic E-state index is 11.9. The molecule has 0 aliphatic heterocycles. The number of para-hydroxylation sites is 1. The number of amides is 1. The van der Waals surface area contributed by atoms with E-state index in [1.165, 1.54) is 25.3 Å². The predicted octanol–water partition coefficient (Wildman–Crippen LogP) is 2.50. The van der Waals surface area contributed by atoms with E-state index in [2.05, 4.69) is 10.1 Å². The maximum Gasteiger partial charge on any atom is 0.341 e. The van der Waals surface area contributed by atoms with Gasteiger partial charge in [-0.2, -0.15) is 0 Å². The molecule has 0 atom stereocenters. The summed E-state index contributed by atoms with van der Waals surface area (Å²) in [6.07, 6.45) is 0. The zero-order valence-electron chi connectivity index (χ0n) is 12.8. The number of anilines is 1. The number of hydrogen-bond donors (Lipinski definition) is 2. The monoisotopic (exact) mass is 315 g/mol. The van der Waals surface area contributed by atoms with Gasteiger partial charge in [0.25, 0.3) is 5.91 Å². The second kappa shape index (κ2) is 7.31. The Kier molecular flexibility index (Phi) is 5.19. The highest BCUT2D eigenvalue weighted by atomic mass is 16.5. The number of esters is 1. The van der Waals surface area contributed by atoms with Gasteiger partial charge in [-0.1, -0.05) is 18.2 Å².